The molecule has 3 nitrogen and oxygen atoms in total. The van der Waals surface area contributed by atoms with Gasteiger partial charge in [0.05, 0.1) is 5.58 Å². The number of rotatable bonds is 6. The Labute approximate surface area is 277 Å². The molecule has 44 heavy (non-hydrogen) atoms. The quantitative estimate of drug-likeness (QED) is 0.125. The molecule has 0 saturated carbocycles. The van der Waals surface area contributed by atoms with Crippen LogP contribution in [0.5, 0.6) is 0 Å². The molecule has 3 heterocycles. The molecule has 6 rings (SSSR count). The molecule has 0 bridgehead atoms. The molecule has 5 heteroatoms. The number of pyridine rings is 2. The van der Waals surface area contributed by atoms with Gasteiger partial charge in [0.2, 0.25) is 0 Å². The summed E-state index contributed by atoms with van der Waals surface area (Å²) < 4.78 is 6.43. The van der Waals surface area contributed by atoms with E-state index in [1.807, 2.05) is 55.7 Å². The van der Waals surface area contributed by atoms with Crippen molar-refractivity contribution in [3.8, 4) is 22.5 Å². The van der Waals surface area contributed by atoms with E-state index in [-0.39, 0.29) is 25.5 Å². The van der Waals surface area contributed by atoms with Gasteiger partial charge in [-0.05, 0) is 66.2 Å². The van der Waals surface area contributed by atoms with Gasteiger partial charge in [0, 0.05) is 46.0 Å². The van der Waals surface area contributed by atoms with Gasteiger partial charge >= 0.3 is 0 Å². The molecular weight excluding hydrogens is 733 g/mol. The third-order valence-electron chi connectivity index (χ3n) is 8.73. The van der Waals surface area contributed by atoms with Crippen LogP contribution in [0.4, 0.5) is 0 Å². The van der Waals surface area contributed by atoms with Crippen LogP contribution in [0, 0.1) is 26.0 Å². The van der Waals surface area contributed by atoms with Gasteiger partial charge in [0.1, 0.15) is 5.58 Å². The molecule has 0 N–H and O–H groups in total. The summed E-state index contributed by atoms with van der Waals surface area (Å²) in [6.07, 6.45) is 6.09. The maximum Gasteiger partial charge on any atom is 0.120 e. The average Bonchev–Trinajstić information content (AvgIpc) is 3.41. The van der Waals surface area contributed by atoms with Crippen molar-refractivity contribution in [2.75, 3.05) is 0 Å². The smallest absolute Gasteiger partial charge is 0.120 e. The molecule has 0 fully saturated rings. The molecule has 0 saturated heterocycles. The minimum absolute atomic E-state index is 0. The fourth-order valence-electron chi connectivity index (χ4n) is 5.67. The number of furan rings is 1. The van der Waals surface area contributed by atoms with Crippen LogP contribution in [-0.4, -0.2) is 18.0 Å². The topological polar surface area (TPSA) is 38.9 Å². The van der Waals surface area contributed by atoms with Crippen LogP contribution in [-0.2, 0) is 25.5 Å². The summed E-state index contributed by atoms with van der Waals surface area (Å²) in [7, 11) is -1.58. The molecule has 3 aromatic heterocycles. The zero-order chi connectivity index (χ0) is 30.8. The van der Waals surface area contributed by atoms with Gasteiger partial charge in [-0.3, -0.25) is 0 Å². The second-order valence-electron chi connectivity index (χ2n) is 12.8. The first-order valence-electron chi connectivity index (χ1n) is 15.3. The summed E-state index contributed by atoms with van der Waals surface area (Å²) in [5.74, 6) is 0. The molecule has 0 spiro atoms. The van der Waals surface area contributed by atoms with Crippen LogP contribution in [0.2, 0.25) is 19.6 Å². The van der Waals surface area contributed by atoms with Crippen molar-refractivity contribution >= 4 is 35.2 Å². The molecule has 6 aromatic rings. The van der Waals surface area contributed by atoms with E-state index >= 15 is 0 Å². The van der Waals surface area contributed by atoms with E-state index in [2.05, 4.69) is 101 Å². The first-order chi connectivity index (χ1) is 20.6. The first kappa shape index (κ1) is 33.5. The Hall–Kier alpha value is -3.37. The van der Waals surface area contributed by atoms with E-state index in [0.717, 1.165) is 46.5 Å². The molecule has 1 radical (unpaired) electrons. The third-order valence-corrected chi connectivity index (χ3v) is 10.7. The SMILES string of the molecule is CCC(C)(CC)c1cc(-c2[c-]cc([Si](C)(C)C)c3c2oc2ccccc23)ncc1C.Cc1ccc(-c2[c-]cccc2)nc1.[Ir]. The third kappa shape index (κ3) is 6.81. The van der Waals surface area contributed by atoms with Crippen molar-refractivity contribution in [3.05, 3.63) is 114 Å². The number of aryl methyl sites for hydroxylation is 2. The van der Waals surface area contributed by atoms with Crippen molar-refractivity contribution in [3.63, 3.8) is 0 Å². The van der Waals surface area contributed by atoms with Gasteiger partial charge in [-0.2, -0.15) is 0 Å². The summed E-state index contributed by atoms with van der Waals surface area (Å²) >= 11 is 0. The van der Waals surface area contributed by atoms with Crippen molar-refractivity contribution in [2.45, 2.75) is 72.5 Å². The second kappa shape index (κ2) is 13.7. The van der Waals surface area contributed by atoms with Crippen molar-refractivity contribution in [2.24, 2.45) is 0 Å². The van der Waals surface area contributed by atoms with Crippen LogP contribution in [0.3, 0.4) is 0 Å². The Kier molecular flexibility index (Phi) is 10.5. The van der Waals surface area contributed by atoms with Gasteiger partial charge in [-0.15, -0.1) is 53.2 Å². The van der Waals surface area contributed by atoms with E-state index in [0.29, 0.717) is 0 Å². The van der Waals surface area contributed by atoms with E-state index in [1.54, 1.807) is 0 Å². The number of para-hydroxylation sites is 1. The average molecular weight is 775 g/mol. The summed E-state index contributed by atoms with van der Waals surface area (Å²) in [6, 6.07) is 31.5. The maximum absolute atomic E-state index is 6.43. The van der Waals surface area contributed by atoms with Crippen molar-refractivity contribution in [1.82, 2.24) is 9.97 Å². The fraction of sp³-hybridized carbons (Fsp3) is 0.282. The molecule has 0 aliphatic heterocycles. The van der Waals surface area contributed by atoms with Gasteiger partial charge < -0.3 is 14.4 Å². The van der Waals surface area contributed by atoms with Crippen LogP contribution >= 0.6 is 0 Å². The second-order valence-corrected chi connectivity index (χ2v) is 17.8. The predicted octanol–water partition coefficient (Wildman–Crippen LogP) is 10.2. The molecule has 0 aliphatic carbocycles. The number of fused-ring (bicyclic) bond motifs is 3. The minimum atomic E-state index is -1.58. The van der Waals surface area contributed by atoms with E-state index < -0.39 is 8.07 Å². The van der Waals surface area contributed by atoms with Gasteiger partial charge in [-0.25, -0.2) is 0 Å². The Morgan fingerprint density at radius 2 is 1.55 bits per heavy atom. The van der Waals surface area contributed by atoms with E-state index in [9.17, 15) is 0 Å². The summed E-state index contributed by atoms with van der Waals surface area (Å²) in [6.45, 7) is 18.3. The molecular formula is C39H42IrN2OSi-2. The van der Waals surface area contributed by atoms with Crippen LogP contribution in [0.1, 0.15) is 50.3 Å². The fourth-order valence-corrected chi connectivity index (χ4v) is 7.18. The number of benzene rings is 3. The Balaban J connectivity index is 0.000000264. The summed E-state index contributed by atoms with van der Waals surface area (Å²) in [5, 5.41) is 3.83. The molecule has 3 aromatic carbocycles. The van der Waals surface area contributed by atoms with Gasteiger partial charge in [-0.1, -0.05) is 87.8 Å². The monoisotopic (exact) mass is 775 g/mol. The minimum Gasteiger partial charge on any atom is -0.501 e. The van der Waals surface area contributed by atoms with E-state index in [1.165, 1.54) is 32.6 Å². The standard InChI is InChI=1S/C27H32NOSi.C12H10N.Ir/c1-8-27(4,9-2)21-16-22(28-17-18(21)3)19-14-15-24(30(5,6)7)25-20-12-10-11-13-23(20)29-26(19)25;1-10-7-8-12(13-9-10)11-5-3-2-4-6-11;/h10-13,15-17H,8-9H2,1-7H3;2-5,7-9H,1H3;/q2*-1;. The molecule has 0 unspecified atom stereocenters. The Bertz CT molecular complexity index is 1850. The number of nitrogens with zero attached hydrogens (tertiary/aromatic N) is 2. The van der Waals surface area contributed by atoms with E-state index in [4.69, 9.17) is 9.40 Å². The molecule has 0 aliphatic rings. The Morgan fingerprint density at radius 3 is 2.18 bits per heavy atom. The van der Waals surface area contributed by atoms with Gasteiger partial charge in [0.15, 0.2) is 0 Å². The van der Waals surface area contributed by atoms with Crippen molar-refractivity contribution < 1.29 is 24.5 Å². The molecule has 0 amide bonds. The summed E-state index contributed by atoms with van der Waals surface area (Å²) in [5.41, 5.74) is 9.77. The number of hydrogen-bond donors (Lipinski definition) is 0. The first-order valence-corrected chi connectivity index (χ1v) is 18.8. The molecule has 0 atom stereocenters. The number of aromatic nitrogens is 2. The van der Waals surface area contributed by atoms with Crippen molar-refractivity contribution in [1.29, 1.82) is 0 Å². The number of hydrogen-bond acceptors (Lipinski definition) is 3. The largest absolute Gasteiger partial charge is 0.501 e. The maximum atomic E-state index is 6.43. The zero-order valence-electron chi connectivity index (χ0n) is 27.1. The molecule has 229 valence electrons. The summed E-state index contributed by atoms with van der Waals surface area (Å²) in [4.78, 5) is 9.14. The van der Waals surface area contributed by atoms with Crippen LogP contribution in [0.25, 0.3) is 44.5 Å². The van der Waals surface area contributed by atoms with Crippen LogP contribution < -0.4 is 5.19 Å². The van der Waals surface area contributed by atoms with Gasteiger partial charge in [0.25, 0.3) is 0 Å². The zero-order valence-corrected chi connectivity index (χ0v) is 30.5. The predicted molar refractivity (Wildman–Crippen MR) is 185 cm³/mol. The van der Waals surface area contributed by atoms with Crippen LogP contribution in [0.15, 0.2) is 89.6 Å². The Morgan fingerprint density at radius 1 is 0.841 bits per heavy atom. The normalized spacial score (nSPS) is 11.6.